The number of hydrogen-bond acceptors (Lipinski definition) is 4. The van der Waals surface area contributed by atoms with Crippen LogP contribution in [0.2, 0.25) is 0 Å². The normalized spacial score (nSPS) is 20.7. The molecule has 0 saturated carbocycles. The predicted octanol–water partition coefficient (Wildman–Crippen LogP) is 3.31. The van der Waals surface area contributed by atoms with Gasteiger partial charge in [0.1, 0.15) is 0 Å². The highest BCUT2D eigenvalue weighted by atomic mass is 16.5. The van der Waals surface area contributed by atoms with Crippen molar-refractivity contribution >= 4 is 17.4 Å². The van der Waals surface area contributed by atoms with Crippen molar-refractivity contribution in [3.05, 3.63) is 52.5 Å². The summed E-state index contributed by atoms with van der Waals surface area (Å²) in [4.78, 5) is 19.5. The van der Waals surface area contributed by atoms with Crippen molar-refractivity contribution in [1.82, 2.24) is 0 Å². The van der Waals surface area contributed by atoms with Crippen LogP contribution in [0.25, 0.3) is 10.5 Å². The molecule has 0 aliphatic carbocycles. The summed E-state index contributed by atoms with van der Waals surface area (Å²) in [6.45, 7) is 11.1. The number of carbonyl (C=O) groups excluding carboxylic acids is 1. The van der Waals surface area contributed by atoms with Crippen LogP contribution < -0.4 is 0 Å². The fourth-order valence-corrected chi connectivity index (χ4v) is 2.49. The van der Waals surface area contributed by atoms with Gasteiger partial charge in [0.2, 0.25) is 0 Å². The van der Waals surface area contributed by atoms with Crippen LogP contribution in [0.15, 0.2) is 35.0 Å². The second kappa shape index (κ2) is 6.24. The zero-order valence-corrected chi connectivity index (χ0v) is 12.6. The van der Waals surface area contributed by atoms with E-state index in [2.05, 4.69) is 20.6 Å². The number of benzene rings is 1. The summed E-state index contributed by atoms with van der Waals surface area (Å²) in [7, 11) is 1.33. The molecule has 5 heteroatoms. The van der Waals surface area contributed by atoms with E-state index in [1.807, 2.05) is 6.92 Å². The Bertz CT molecular complexity index is 746. The summed E-state index contributed by atoms with van der Waals surface area (Å²) in [5.41, 5.74) is 2.94. The Morgan fingerprint density at radius 1 is 1.41 bits per heavy atom. The third-order valence-corrected chi connectivity index (χ3v) is 3.75. The number of rotatable bonds is 2. The number of nitrogens with zero attached hydrogens (tertiary/aromatic N) is 3. The molecule has 1 aliphatic heterocycles. The van der Waals surface area contributed by atoms with Crippen LogP contribution in [0, 0.1) is 29.7 Å². The molecule has 110 valence electrons. The van der Waals surface area contributed by atoms with E-state index in [-0.39, 0.29) is 11.8 Å². The van der Waals surface area contributed by atoms with Crippen molar-refractivity contribution in [2.75, 3.05) is 7.11 Å². The van der Waals surface area contributed by atoms with Crippen molar-refractivity contribution in [2.45, 2.75) is 13.8 Å². The molecular weight excluding hydrogens is 278 g/mol. The Morgan fingerprint density at radius 3 is 2.55 bits per heavy atom. The lowest BCUT2D eigenvalue weighted by Crippen LogP contribution is -2.23. The third kappa shape index (κ3) is 2.62. The monoisotopic (exact) mass is 293 g/mol. The van der Waals surface area contributed by atoms with Crippen LogP contribution >= 0.6 is 0 Å². The largest absolute Gasteiger partial charge is 0.465 e. The van der Waals surface area contributed by atoms with Gasteiger partial charge in [-0.05, 0) is 24.6 Å². The molecule has 1 aromatic carbocycles. The first-order valence-electron chi connectivity index (χ1n) is 6.78. The van der Waals surface area contributed by atoms with Gasteiger partial charge in [-0.3, -0.25) is 4.99 Å². The molecule has 0 spiro atoms. The number of allylic oxidation sites excluding steroid dienone is 1. The first kappa shape index (κ1) is 15.5. The fourth-order valence-electron chi connectivity index (χ4n) is 2.49. The molecule has 1 heterocycles. The predicted molar refractivity (Wildman–Crippen MR) is 82.7 cm³/mol. The van der Waals surface area contributed by atoms with Gasteiger partial charge < -0.3 is 4.74 Å². The molecule has 1 unspecified atom stereocenters. The maximum absolute atomic E-state index is 11.5. The summed E-state index contributed by atoms with van der Waals surface area (Å²) < 4.78 is 4.66. The molecule has 0 fully saturated rings. The smallest absolute Gasteiger partial charge is 0.337 e. The van der Waals surface area contributed by atoms with Crippen LogP contribution in [0.3, 0.4) is 0 Å². The minimum absolute atomic E-state index is 0.199. The molecule has 0 saturated heterocycles. The van der Waals surface area contributed by atoms with Crippen molar-refractivity contribution in [2.24, 2.45) is 16.8 Å². The van der Waals surface area contributed by atoms with Crippen molar-refractivity contribution in [3.63, 3.8) is 0 Å². The molecule has 0 bridgehead atoms. The summed E-state index contributed by atoms with van der Waals surface area (Å²) in [6, 6.07) is 8.96. The van der Waals surface area contributed by atoms with Gasteiger partial charge in [-0.25, -0.2) is 9.64 Å². The molecule has 0 N–H and O–H groups in total. The Morgan fingerprint density at radius 2 is 2.05 bits per heavy atom. The number of nitriles is 1. The molecule has 0 aromatic heterocycles. The van der Waals surface area contributed by atoms with E-state index < -0.39 is 5.97 Å². The Labute approximate surface area is 129 Å². The quantitative estimate of drug-likeness (QED) is 0.620. The van der Waals surface area contributed by atoms with Gasteiger partial charge in [0.15, 0.2) is 5.70 Å². The summed E-state index contributed by atoms with van der Waals surface area (Å²) in [5, 5.41) is 9.22. The highest BCUT2D eigenvalue weighted by Gasteiger charge is 2.31. The Balaban J connectivity index is 2.49. The third-order valence-electron chi connectivity index (χ3n) is 3.75. The van der Waals surface area contributed by atoms with E-state index >= 15 is 0 Å². The number of esters is 1. The fraction of sp³-hybridized carbons (Fsp3) is 0.294. The topological polar surface area (TPSA) is 66.8 Å². The van der Waals surface area contributed by atoms with Gasteiger partial charge in [-0.2, -0.15) is 5.26 Å². The average Bonchev–Trinajstić information content (AvgIpc) is 2.54. The number of carbonyl (C=O) groups is 1. The van der Waals surface area contributed by atoms with Gasteiger partial charge in [0.25, 0.3) is 0 Å². The molecule has 1 aliphatic rings. The minimum Gasteiger partial charge on any atom is -0.465 e. The minimum atomic E-state index is -0.410. The van der Waals surface area contributed by atoms with E-state index in [1.54, 1.807) is 31.2 Å². The van der Waals surface area contributed by atoms with Crippen LogP contribution in [-0.2, 0) is 4.74 Å². The summed E-state index contributed by atoms with van der Waals surface area (Å²) in [5.74, 6) is -0.982. The number of methoxy groups -OCH3 is 1. The Hall–Kier alpha value is -2.92. The second-order valence-corrected chi connectivity index (χ2v) is 5.06. The van der Waals surface area contributed by atoms with Gasteiger partial charge in [0.05, 0.1) is 36.9 Å². The summed E-state index contributed by atoms with van der Waals surface area (Å²) >= 11 is 0. The lowest BCUT2D eigenvalue weighted by molar-refractivity contribution is 0.0600. The van der Waals surface area contributed by atoms with Crippen molar-refractivity contribution in [1.29, 1.82) is 5.26 Å². The Kier molecular flexibility index (Phi) is 4.39. The highest BCUT2D eigenvalue weighted by Crippen LogP contribution is 2.35. The van der Waals surface area contributed by atoms with E-state index in [0.717, 1.165) is 5.56 Å². The molecule has 2 rings (SSSR count). The SMILES string of the molecule is [C-]#[N+]C1=C(c2ccc(C(=O)OC)cc2)N=C(C)C(C#N)[C@H]1C. The first-order valence-corrected chi connectivity index (χ1v) is 6.78. The van der Waals surface area contributed by atoms with Gasteiger partial charge in [0, 0.05) is 11.6 Å². The lowest BCUT2D eigenvalue weighted by Gasteiger charge is -2.24. The molecule has 0 radical (unpaired) electrons. The van der Waals surface area contributed by atoms with Gasteiger partial charge in [-0.15, -0.1) is 0 Å². The standard InChI is InChI=1S/C17H15N3O2/c1-10-14(9-18)11(2)20-16(15(10)19-3)12-5-7-13(8-6-12)17(21)22-4/h5-8,10,14H,1-2,4H3/t10-,14?/m1/s1. The molecule has 0 amide bonds. The van der Waals surface area contributed by atoms with Crippen LogP contribution in [0.1, 0.15) is 29.8 Å². The maximum atomic E-state index is 11.5. The highest BCUT2D eigenvalue weighted by molar-refractivity contribution is 5.95. The van der Waals surface area contributed by atoms with Crippen molar-refractivity contribution in [3.8, 4) is 6.07 Å². The zero-order chi connectivity index (χ0) is 16.3. The molecule has 5 nitrogen and oxygen atoms in total. The van der Waals surface area contributed by atoms with E-state index in [0.29, 0.717) is 22.7 Å². The van der Waals surface area contributed by atoms with Crippen LogP contribution in [0.4, 0.5) is 0 Å². The molecule has 2 atom stereocenters. The van der Waals surface area contributed by atoms with E-state index in [9.17, 15) is 10.1 Å². The van der Waals surface area contributed by atoms with Crippen LogP contribution in [0.5, 0.6) is 0 Å². The second-order valence-electron chi connectivity index (χ2n) is 5.06. The van der Waals surface area contributed by atoms with E-state index in [4.69, 9.17) is 6.57 Å². The molecule has 22 heavy (non-hydrogen) atoms. The van der Waals surface area contributed by atoms with E-state index in [1.165, 1.54) is 7.11 Å². The van der Waals surface area contributed by atoms with Gasteiger partial charge >= 0.3 is 5.97 Å². The lowest BCUT2D eigenvalue weighted by atomic mass is 9.84. The maximum Gasteiger partial charge on any atom is 0.337 e. The van der Waals surface area contributed by atoms with Crippen molar-refractivity contribution < 1.29 is 9.53 Å². The number of hydrogen-bond donors (Lipinski definition) is 0. The number of ether oxygens (including phenoxy) is 1. The first-order chi connectivity index (χ1) is 10.5. The van der Waals surface area contributed by atoms with Gasteiger partial charge in [-0.1, -0.05) is 19.1 Å². The van der Waals surface area contributed by atoms with Crippen LogP contribution in [-0.4, -0.2) is 18.8 Å². The average molecular weight is 293 g/mol. The molecule has 1 aromatic rings. The summed E-state index contributed by atoms with van der Waals surface area (Å²) in [6.07, 6.45) is 0. The zero-order valence-electron chi connectivity index (χ0n) is 12.6. The number of aliphatic imine (C=N–C) groups is 1. The molecular formula is C17H15N3O2.